The molecule has 3 nitrogen and oxygen atoms in total. The lowest BCUT2D eigenvalue weighted by molar-refractivity contribution is -0.116. The second-order valence-corrected chi connectivity index (χ2v) is 4.79. The summed E-state index contributed by atoms with van der Waals surface area (Å²) in [6.45, 7) is 2.65. The summed E-state index contributed by atoms with van der Waals surface area (Å²) in [4.78, 5) is 11.5. The third-order valence-electron chi connectivity index (χ3n) is 2.99. The van der Waals surface area contributed by atoms with Crippen molar-refractivity contribution in [2.75, 3.05) is 0 Å². The molecular formula is C17H25NO2. The molecule has 0 bridgehead atoms. The van der Waals surface area contributed by atoms with E-state index in [4.69, 9.17) is 4.42 Å². The fraction of sp³-hybridized carbons (Fsp3) is 0.471. The fourth-order valence-corrected chi connectivity index (χ4v) is 1.83. The molecule has 20 heavy (non-hydrogen) atoms. The molecule has 3 heteroatoms. The van der Waals surface area contributed by atoms with Crippen molar-refractivity contribution < 1.29 is 9.21 Å². The monoisotopic (exact) mass is 275 g/mol. The van der Waals surface area contributed by atoms with Gasteiger partial charge in [-0.2, -0.15) is 0 Å². The van der Waals surface area contributed by atoms with Gasteiger partial charge in [-0.05, 0) is 25.0 Å². The summed E-state index contributed by atoms with van der Waals surface area (Å²) in [5.74, 6) is 0.656. The second kappa shape index (κ2) is 11.1. The molecule has 0 spiro atoms. The van der Waals surface area contributed by atoms with Gasteiger partial charge in [0.25, 0.3) is 0 Å². The van der Waals surface area contributed by atoms with E-state index < -0.39 is 0 Å². The molecule has 0 aliphatic heterocycles. The summed E-state index contributed by atoms with van der Waals surface area (Å²) in [6, 6.07) is 3.64. The average Bonchev–Trinajstić information content (AvgIpc) is 2.96. The lowest BCUT2D eigenvalue weighted by atomic mass is 10.1. The summed E-state index contributed by atoms with van der Waals surface area (Å²) in [6.07, 6.45) is 16.5. The maximum absolute atomic E-state index is 11.5. The Balaban J connectivity index is 2.03. The van der Waals surface area contributed by atoms with Crippen molar-refractivity contribution >= 4 is 5.91 Å². The van der Waals surface area contributed by atoms with E-state index in [1.807, 2.05) is 12.1 Å². The van der Waals surface area contributed by atoms with Gasteiger partial charge in [-0.1, -0.05) is 50.8 Å². The number of nitrogens with one attached hydrogen (secondary N) is 1. The first-order valence-corrected chi connectivity index (χ1v) is 7.46. The van der Waals surface area contributed by atoms with Crippen LogP contribution in [0.25, 0.3) is 0 Å². The van der Waals surface area contributed by atoms with Crippen LogP contribution in [0.15, 0.2) is 47.1 Å². The Labute approximate surface area is 121 Å². The third kappa shape index (κ3) is 8.35. The highest BCUT2D eigenvalue weighted by molar-refractivity contribution is 5.87. The molecule has 0 unspecified atom stereocenters. The number of carbonyl (C=O) groups excluding carboxylic acids is 1. The molecule has 0 saturated carbocycles. The van der Waals surface area contributed by atoms with Crippen molar-refractivity contribution in [3.8, 4) is 0 Å². The number of rotatable bonds is 10. The highest BCUT2D eigenvalue weighted by Crippen LogP contribution is 2.05. The van der Waals surface area contributed by atoms with Gasteiger partial charge in [0.1, 0.15) is 5.76 Å². The zero-order valence-electron chi connectivity index (χ0n) is 12.3. The van der Waals surface area contributed by atoms with Crippen molar-refractivity contribution in [3.63, 3.8) is 0 Å². The lowest BCUT2D eigenvalue weighted by Crippen LogP contribution is -2.19. The minimum atomic E-state index is -0.103. The molecule has 0 fully saturated rings. The Morgan fingerprint density at radius 1 is 1.25 bits per heavy atom. The first kappa shape index (κ1) is 16.3. The van der Waals surface area contributed by atoms with Crippen molar-refractivity contribution in [2.24, 2.45) is 0 Å². The van der Waals surface area contributed by atoms with Gasteiger partial charge in [-0.15, -0.1) is 0 Å². The zero-order chi connectivity index (χ0) is 14.5. The largest absolute Gasteiger partial charge is 0.467 e. The van der Waals surface area contributed by atoms with Crippen molar-refractivity contribution in [3.05, 3.63) is 48.5 Å². The molecule has 1 heterocycles. The van der Waals surface area contributed by atoms with Gasteiger partial charge in [0, 0.05) is 6.08 Å². The maximum atomic E-state index is 11.5. The van der Waals surface area contributed by atoms with Gasteiger partial charge in [0.2, 0.25) is 5.91 Å². The normalized spacial score (nSPS) is 11.4. The average molecular weight is 275 g/mol. The van der Waals surface area contributed by atoms with Crippen molar-refractivity contribution in [2.45, 2.75) is 52.0 Å². The number of carbonyl (C=O) groups is 1. The van der Waals surface area contributed by atoms with Crippen LogP contribution in [0.4, 0.5) is 0 Å². The van der Waals surface area contributed by atoms with Gasteiger partial charge in [-0.25, -0.2) is 0 Å². The minimum Gasteiger partial charge on any atom is -0.467 e. The van der Waals surface area contributed by atoms with E-state index in [1.165, 1.54) is 38.2 Å². The van der Waals surface area contributed by atoms with Crippen LogP contribution in [0.3, 0.4) is 0 Å². The van der Waals surface area contributed by atoms with E-state index in [0.717, 1.165) is 12.2 Å². The van der Waals surface area contributed by atoms with Crippen LogP contribution >= 0.6 is 0 Å². The first-order valence-electron chi connectivity index (χ1n) is 7.46. The quantitative estimate of drug-likeness (QED) is 0.391. The minimum absolute atomic E-state index is 0.103. The van der Waals surface area contributed by atoms with Crippen LogP contribution in [0, 0.1) is 0 Å². The number of furan rings is 1. The summed E-state index contributed by atoms with van der Waals surface area (Å²) in [5.41, 5.74) is 0. The van der Waals surface area contributed by atoms with Crippen LogP contribution in [-0.2, 0) is 11.3 Å². The molecule has 0 aromatic carbocycles. The van der Waals surface area contributed by atoms with Gasteiger partial charge >= 0.3 is 0 Å². The number of hydrogen-bond donors (Lipinski definition) is 1. The van der Waals surface area contributed by atoms with E-state index >= 15 is 0 Å². The van der Waals surface area contributed by atoms with Crippen molar-refractivity contribution in [1.82, 2.24) is 5.32 Å². The highest BCUT2D eigenvalue weighted by atomic mass is 16.3. The molecule has 1 aromatic heterocycles. The van der Waals surface area contributed by atoms with Gasteiger partial charge in [0.15, 0.2) is 0 Å². The molecule has 1 amide bonds. The van der Waals surface area contributed by atoms with E-state index in [9.17, 15) is 4.79 Å². The second-order valence-electron chi connectivity index (χ2n) is 4.79. The molecule has 1 aromatic rings. The maximum Gasteiger partial charge on any atom is 0.244 e. The Kier molecular flexibility index (Phi) is 9.03. The molecule has 0 radical (unpaired) electrons. The van der Waals surface area contributed by atoms with Gasteiger partial charge < -0.3 is 9.73 Å². The molecule has 0 atom stereocenters. The van der Waals surface area contributed by atoms with Crippen LogP contribution < -0.4 is 5.32 Å². The fourth-order valence-electron chi connectivity index (χ4n) is 1.83. The predicted molar refractivity (Wildman–Crippen MR) is 82.2 cm³/mol. The third-order valence-corrected chi connectivity index (χ3v) is 2.99. The van der Waals surface area contributed by atoms with E-state index in [2.05, 4.69) is 18.3 Å². The van der Waals surface area contributed by atoms with Gasteiger partial charge in [-0.3, -0.25) is 4.79 Å². The van der Waals surface area contributed by atoms with Crippen LogP contribution in [0.1, 0.15) is 51.2 Å². The number of unbranched alkanes of at least 4 members (excludes halogenated alkanes) is 5. The van der Waals surface area contributed by atoms with E-state index in [1.54, 1.807) is 18.4 Å². The first-order chi connectivity index (χ1) is 9.83. The Hall–Kier alpha value is -1.77. The molecule has 1 N–H and O–H groups in total. The SMILES string of the molecule is CCCCCCCC=CC=CC(=O)NCc1ccco1. The molecule has 110 valence electrons. The van der Waals surface area contributed by atoms with Crippen LogP contribution in [-0.4, -0.2) is 5.91 Å². The van der Waals surface area contributed by atoms with Gasteiger partial charge in [0.05, 0.1) is 12.8 Å². The number of amides is 1. The summed E-state index contributed by atoms with van der Waals surface area (Å²) in [7, 11) is 0. The highest BCUT2D eigenvalue weighted by Gasteiger charge is 1.97. The zero-order valence-corrected chi connectivity index (χ0v) is 12.3. The Bertz CT molecular complexity index is 405. The topological polar surface area (TPSA) is 42.2 Å². The number of hydrogen-bond acceptors (Lipinski definition) is 2. The Morgan fingerprint density at radius 2 is 2.10 bits per heavy atom. The summed E-state index contributed by atoms with van der Waals surface area (Å²) < 4.78 is 5.13. The standard InChI is InChI=1S/C17H25NO2/c1-2-3-4-5-6-7-8-9-10-13-17(19)18-15-16-12-11-14-20-16/h8-14H,2-7,15H2,1H3,(H,18,19). The van der Waals surface area contributed by atoms with E-state index in [-0.39, 0.29) is 5.91 Å². The summed E-state index contributed by atoms with van der Waals surface area (Å²) >= 11 is 0. The van der Waals surface area contributed by atoms with Crippen LogP contribution in [0.5, 0.6) is 0 Å². The van der Waals surface area contributed by atoms with Crippen molar-refractivity contribution in [1.29, 1.82) is 0 Å². The molecular weight excluding hydrogens is 250 g/mol. The molecule has 0 saturated heterocycles. The number of allylic oxidation sites excluding steroid dienone is 3. The summed E-state index contributed by atoms with van der Waals surface area (Å²) in [5, 5.41) is 2.76. The molecule has 1 rings (SSSR count). The molecule has 0 aliphatic rings. The predicted octanol–water partition coefficient (Wildman–Crippen LogP) is 4.37. The van der Waals surface area contributed by atoms with E-state index in [0.29, 0.717) is 6.54 Å². The Morgan fingerprint density at radius 3 is 2.85 bits per heavy atom. The lowest BCUT2D eigenvalue weighted by Gasteiger charge is -1.97. The molecule has 0 aliphatic carbocycles. The smallest absolute Gasteiger partial charge is 0.244 e. The van der Waals surface area contributed by atoms with Crippen LogP contribution in [0.2, 0.25) is 0 Å².